The second-order valence-corrected chi connectivity index (χ2v) is 7.75. The largest absolute Gasteiger partial charge is 0.481 e. The number of nitrogens with zero attached hydrogens (tertiary/aromatic N) is 4. The minimum atomic E-state index is -0.952. The van der Waals surface area contributed by atoms with E-state index in [4.69, 9.17) is 27.9 Å². The second-order valence-electron chi connectivity index (χ2n) is 5.27. The zero-order chi connectivity index (χ0) is 18.1. The summed E-state index contributed by atoms with van der Waals surface area (Å²) >= 11 is 16.6. The van der Waals surface area contributed by atoms with Crippen molar-refractivity contribution in [3.05, 3.63) is 33.3 Å². The fourth-order valence-electron chi connectivity index (χ4n) is 2.25. The topological polar surface area (TPSA) is 78.8 Å². The maximum Gasteiger partial charge on any atom is 0.328 e. The van der Waals surface area contributed by atoms with Gasteiger partial charge in [0.05, 0.1) is 11.6 Å². The van der Waals surface area contributed by atoms with Crippen molar-refractivity contribution in [2.75, 3.05) is 23.8 Å². The molecule has 1 N–H and O–H groups in total. The Morgan fingerprint density at radius 3 is 2.84 bits per heavy atom. The first kappa shape index (κ1) is 18.7. The van der Waals surface area contributed by atoms with Gasteiger partial charge in [-0.05, 0) is 18.2 Å². The average Bonchev–Trinajstić information content (AvgIpc) is 3.12. The maximum absolute atomic E-state index is 12.1. The number of halogens is 3. The van der Waals surface area contributed by atoms with E-state index in [2.05, 4.69) is 26.1 Å². The number of hydrogen-bond acceptors (Lipinski definition) is 6. The number of amides is 2. The Bertz CT molecular complexity index is 793. The van der Waals surface area contributed by atoms with Gasteiger partial charge in [-0.3, -0.25) is 0 Å². The molecule has 134 valence electrons. The van der Waals surface area contributed by atoms with Gasteiger partial charge in [-0.2, -0.15) is 0 Å². The number of benzene rings is 1. The zero-order valence-electron chi connectivity index (χ0n) is 12.9. The molecular formula is C14H13BrCl2N4O3S. The van der Waals surface area contributed by atoms with Crippen molar-refractivity contribution < 1.29 is 14.6 Å². The molecule has 25 heavy (non-hydrogen) atoms. The number of anilines is 1. The van der Waals surface area contributed by atoms with E-state index in [0.717, 1.165) is 0 Å². The number of likely N-dealkylation sites (N-methyl/N-ethyl adjacent to an activating group) is 1. The third kappa shape index (κ3) is 3.85. The monoisotopic (exact) mass is 466 g/mol. The van der Waals surface area contributed by atoms with Gasteiger partial charge in [0.25, 0.3) is 0 Å². The molecule has 2 heterocycles. The highest BCUT2D eigenvalue weighted by Crippen LogP contribution is 2.35. The van der Waals surface area contributed by atoms with Crippen molar-refractivity contribution in [2.24, 2.45) is 0 Å². The van der Waals surface area contributed by atoms with E-state index in [1.807, 2.05) is 0 Å². The number of urea groups is 1. The Kier molecular flexibility index (Phi) is 5.69. The molecule has 1 aromatic carbocycles. The summed E-state index contributed by atoms with van der Waals surface area (Å²) in [5, 5.41) is 20.3. The van der Waals surface area contributed by atoms with E-state index in [1.165, 1.54) is 21.1 Å². The number of alkyl halides is 1. The molecule has 0 saturated carbocycles. The van der Waals surface area contributed by atoms with Crippen molar-refractivity contribution in [1.29, 1.82) is 0 Å². The lowest BCUT2D eigenvalue weighted by Crippen LogP contribution is -2.34. The van der Waals surface area contributed by atoms with Crippen LogP contribution in [0.5, 0.6) is 5.75 Å². The third-order valence-corrected chi connectivity index (χ3v) is 5.62. The SMILES string of the molecule is CN1CC(O)N(c2nnc(C(CBr)Oc3ccc(Cl)cc3Cl)s2)C1=O. The number of aromatic nitrogens is 2. The Labute approximate surface area is 166 Å². The first-order valence-corrected chi connectivity index (χ1v) is 9.83. The fourth-order valence-corrected chi connectivity index (χ4v) is 4.27. The van der Waals surface area contributed by atoms with Crippen LogP contribution >= 0.6 is 50.5 Å². The number of β-amino-alcohol motifs (C(OH)–C–C–N with tert-alkyl or cyclic N) is 1. The number of carbonyl (C=O) groups excluding carboxylic acids is 1. The Morgan fingerprint density at radius 1 is 1.48 bits per heavy atom. The molecule has 11 heteroatoms. The van der Waals surface area contributed by atoms with E-state index in [9.17, 15) is 9.90 Å². The molecule has 3 rings (SSSR count). The predicted molar refractivity (Wildman–Crippen MR) is 100 cm³/mol. The van der Waals surface area contributed by atoms with Crippen molar-refractivity contribution in [3.63, 3.8) is 0 Å². The number of carbonyl (C=O) groups is 1. The van der Waals surface area contributed by atoms with Gasteiger partial charge in [0.2, 0.25) is 5.13 Å². The van der Waals surface area contributed by atoms with Crippen molar-refractivity contribution >= 4 is 61.6 Å². The highest BCUT2D eigenvalue weighted by molar-refractivity contribution is 9.09. The quantitative estimate of drug-likeness (QED) is 0.680. The minimum absolute atomic E-state index is 0.215. The lowest BCUT2D eigenvalue weighted by molar-refractivity contribution is 0.183. The molecular weight excluding hydrogens is 455 g/mol. The van der Waals surface area contributed by atoms with Crippen LogP contribution in [-0.4, -0.2) is 51.4 Å². The fraction of sp³-hybridized carbons (Fsp3) is 0.357. The standard InChI is InChI=1S/C14H13BrCl2N4O3S/c1-20-6-11(22)21(14(20)23)13-19-18-12(25-13)10(5-15)24-9-3-2-7(16)4-8(9)17/h2-4,10-11,22H,5-6H2,1H3. The summed E-state index contributed by atoms with van der Waals surface area (Å²) in [7, 11) is 1.61. The molecule has 2 atom stereocenters. The van der Waals surface area contributed by atoms with Gasteiger partial charge < -0.3 is 14.7 Å². The second kappa shape index (κ2) is 7.63. The Morgan fingerprint density at radius 2 is 2.24 bits per heavy atom. The van der Waals surface area contributed by atoms with E-state index < -0.39 is 12.3 Å². The molecule has 0 radical (unpaired) electrons. The van der Waals surface area contributed by atoms with Crippen molar-refractivity contribution in [1.82, 2.24) is 15.1 Å². The molecule has 1 aromatic heterocycles. The van der Waals surface area contributed by atoms with Gasteiger partial charge in [-0.15, -0.1) is 10.2 Å². The summed E-state index contributed by atoms with van der Waals surface area (Å²) in [6.07, 6.45) is -1.41. The molecule has 2 amide bonds. The lowest BCUT2D eigenvalue weighted by atomic mass is 10.3. The number of hydrogen-bond donors (Lipinski definition) is 1. The van der Waals surface area contributed by atoms with Gasteiger partial charge in [0.1, 0.15) is 5.75 Å². The molecule has 1 saturated heterocycles. The highest BCUT2D eigenvalue weighted by Gasteiger charge is 2.37. The smallest absolute Gasteiger partial charge is 0.328 e. The van der Waals surface area contributed by atoms with Crippen molar-refractivity contribution in [2.45, 2.75) is 12.3 Å². The Hall–Kier alpha value is -1.13. The maximum atomic E-state index is 12.1. The van der Waals surface area contributed by atoms with Gasteiger partial charge in [0, 0.05) is 17.4 Å². The van der Waals surface area contributed by atoms with Crippen LogP contribution < -0.4 is 9.64 Å². The van der Waals surface area contributed by atoms with E-state index in [0.29, 0.717) is 31.3 Å². The average molecular weight is 468 g/mol. The first-order valence-electron chi connectivity index (χ1n) is 7.14. The predicted octanol–water partition coefficient (Wildman–Crippen LogP) is 3.55. The molecule has 0 bridgehead atoms. The van der Waals surface area contributed by atoms with Crippen molar-refractivity contribution in [3.8, 4) is 5.75 Å². The first-order chi connectivity index (χ1) is 11.9. The van der Waals surface area contributed by atoms with Crippen LogP contribution in [0.25, 0.3) is 0 Å². The summed E-state index contributed by atoms with van der Waals surface area (Å²) < 4.78 is 5.88. The molecule has 2 aromatic rings. The summed E-state index contributed by atoms with van der Waals surface area (Å²) in [6.45, 7) is 0.215. The number of aliphatic hydroxyl groups is 1. The summed E-state index contributed by atoms with van der Waals surface area (Å²) in [4.78, 5) is 14.7. The van der Waals surface area contributed by atoms with Crippen LogP contribution in [0, 0.1) is 0 Å². The van der Waals surface area contributed by atoms with Crippen LogP contribution in [0.3, 0.4) is 0 Å². The number of ether oxygens (including phenoxy) is 1. The van der Waals surface area contributed by atoms with E-state index in [-0.39, 0.29) is 12.6 Å². The number of rotatable bonds is 5. The molecule has 0 aliphatic carbocycles. The minimum Gasteiger partial charge on any atom is -0.481 e. The summed E-state index contributed by atoms with van der Waals surface area (Å²) in [5.74, 6) is 0.462. The van der Waals surface area contributed by atoms with Crippen LogP contribution in [0.2, 0.25) is 10.0 Å². The molecule has 0 spiro atoms. The highest BCUT2D eigenvalue weighted by atomic mass is 79.9. The van der Waals surface area contributed by atoms with Gasteiger partial charge in [-0.25, -0.2) is 9.69 Å². The summed E-state index contributed by atoms with van der Waals surface area (Å²) in [6, 6.07) is 4.61. The van der Waals surface area contributed by atoms with Crippen LogP contribution in [-0.2, 0) is 0 Å². The molecule has 1 aliphatic heterocycles. The third-order valence-electron chi connectivity index (χ3n) is 3.48. The molecule has 1 fully saturated rings. The zero-order valence-corrected chi connectivity index (χ0v) is 16.8. The van der Waals surface area contributed by atoms with Gasteiger partial charge >= 0.3 is 6.03 Å². The van der Waals surface area contributed by atoms with Crippen LogP contribution in [0.1, 0.15) is 11.1 Å². The summed E-state index contributed by atoms with van der Waals surface area (Å²) in [5.41, 5.74) is 0. The van der Waals surface area contributed by atoms with Crippen LogP contribution in [0.15, 0.2) is 18.2 Å². The van der Waals surface area contributed by atoms with Crippen LogP contribution in [0.4, 0.5) is 9.93 Å². The molecule has 1 aliphatic rings. The van der Waals surface area contributed by atoms with E-state index >= 15 is 0 Å². The van der Waals surface area contributed by atoms with Gasteiger partial charge in [0.15, 0.2) is 17.3 Å². The Balaban J connectivity index is 1.81. The van der Waals surface area contributed by atoms with E-state index in [1.54, 1.807) is 25.2 Å². The molecule has 2 unspecified atom stereocenters. The number of aliphatic hydroxyl groups excluding tert-OH is 1. The molecule has 7 nitrogen and oxygen atoms in total. The lowest BCUT2D eigenvalue weighted by Gasteiger charge is -2.16. The normalized spacial score (nSPS) is 18.8. The van der Waals surface area contributed by atoms with Gasteiger partial charge in [-0.1, -0.05) is 50.5 Å².